The molecule has 0 aliphatic heterocycles. The third-order valence-electron chi connectivity index (χ3n) is 3.68. The standard InChI is InChI=1S/C8H20N.C7H8O.5CO.Cr/c1-5-9(6-2,7-3)8-4;1-6-3-2-4-7(8)5-6;5*1-2;/h5-8H2,1-4H3;2-5,8H,1H3;;;;;;/q+1;;;;;;;. The summed E-state index contributed by atoms with van der Waals surface area (Å²) in [5.74, 6) is 0.338. The monoisotopic (exact) mass is 430 g/mol. The molecule has 0 aromatic heterocycles. The first-order valence-electron chi connectivity index (χ1n) is 7.66. The number of quaternary nitrogens is 1. The van der Waals surface area contributed by atoms with Crippen molar-refractivity contribution in [2.75, 3.05) is 26.2 Å². The van der Waals surface area contributed by atoms with E-state index >= 15 is 0 Å². The number of phenols is 1. The number of benzene rings is 1. The van der Waals surface area contributed by atoms with Gasteiger partial charge in [0.15, 0.2) is 0 Å². The van der Waals surface area contributed by atoms with Gasteiger partial charge in [-0.15, -0.1) is 0 Å². The molecule has 7 nitrogen and oxygen atoms in total. The topological polar surface area (TPSA) is 120 Å². The Morgan fingerprint density at radius 2 is 1.00 bits per heavy atom. The van der Waals surface area contributed by atoms with Crippen LogP contribution in [0.1, 0.15) is 33.3 Å². The van der Waals surface area contributed by atoms with Crippen molar-refractivity contribution in [3.8, 4) is 5.75 Å². The van der Waals surface area contributed by atoms with Crippen molar-refractivity contribution in [1.29, 1.82) is 0 Å². The third-order valence-corrected chi connectivity index (χ3v) is 3.68. The van der Waals surface area contributed by atoms with Gasteiger partial charge in [-0.3, -0.25) is 0 Å². The average Bonchev–Trinajstić information content (AvgIpc) is 2.78. The van der Waals surface area contributed by atoms with E-state index in [1.54, 1.807) is 12.1 Å². The van der Waals surface area contributed by atoms with Gasteiger partial charge in [0.2, 0.25) is 0 Å². The number of aromatic hydroxyl groups is 1. The molecule has 0 unspecified atom stereocenters. The third kappa shape index (κ3) is 31.9. The second-order valence-electron chi connectivity index (χ2n) is 4.45. The summed E-state index contributed by atoms with van der Waals surface area (Å²) in [6.07, 6.45) is 0. The van der Waals surface area contributed by atoms with Gasteiger partial charge in [-0.1, -0.05) is 12.1 Å². The second-order valence-corrected chi connectivity index (χ2v) is 4.45. The molecule has 154 valence electrons. The number of aryl methyl sites for hydroxylation is 1. The first-order valence-corrected chi connectivity index (χ1v) is 7.66. The number of nitrogens with zero attached hydrogens (tertiary/aromatic N) is 1. The molecule has 0 radical (unpaired) electrons. The van der Waals surface area contributed by atoms with Gasteiger partial charge in [-0.25, -0.2) is 0 Å². The van der Waals surface area contributed by atoms with Gasteiger partial charge < -0.3 is 9.59 Å². The molecule has 0 aliphatic carbocycles. The van der Waals surface area contributed by atoms with Crippen LogP contribution in [-0.4, -0.2) is 35.8 Å². The van der Waals surface area contributed by atoms with E-state index in [2.05, 4.69) is 60.9 Å². The summed E-state index contributed by atoms with van der Waals surface area (Å²) < 4.78 is 38.8. The summed E-state index contributed by atoms with van der Waals surface area (Å²) in [6.45, 7) is 38.7. The van der Waals surface area contributed by atoms with Crippen LogP contribution in [0.4, 0.5) is 0 Å². The van der Waals surface area contributed by atoms with Crippen LogP contribution in [0, 0.1) is 40.2 Å². The molecule has 28 heavy (non-hydrogen) atoms. The second kappa shape index (κ2) is 44.6. The normalized spacial score (nSPS) is 6.82. The Labute approximate surface area is 180 Å². The summed E-state index contributed by atoms with van der Waals surface area (Å²) in [5, 5.41) is 8.81. The molecule has 0 heterocycles. The molecule has 1 aromatic carbocycles. The van der Waals surface area contributed by atoms with E-state index < -0.39 is 0 Å². The fraction of sp³-hybridized carbons (Fsp3) is 0.450. The SMILES string of the molecule is CC[N+](CC)(CC)CC.Cc1cccc(O)c1.[C-]#[O+].[C-]#[O+].[C-]#[O+].[C-]#[O+].[C-]#[O+].[Cr]. The van der Waals surface area contributed by atoms with Crippen LogP contribution in [0.3, 0.4) is 0 Å². The quantitative estimate of drug-likeness (QED) is 0.440. The van der Waals surface area contributed by atoms with Crippen LogP contribution in [0.15, 0.2) is 24.3 Å². The zero-order chi connectivity index (χ0) is 23.3. The summed E-state index contributed by atoms with van der Waals surface area (Å²) >= 11 is 0. The van der Waals surface area contributed by atoms with Crippen molar-refractivity contribution in [3.63, 3.8) is 0 Å². The largest absolute Gasteiger partial charge is 0 e. The predicted octanol–water partition coefficient (Wildman–Crippen LogP) is 3.39. The van der Waals surface area contributed by atoms with Crippen LogP contribution in [0.5, 0.6) is 5.75 Å². The van der Waals surface area contributed by atoms with E-state index in [1.165, 1.54) is 30.7 Å². The minimum atomic E-state index is 0. The number of phenolic OH excluding ortho intramolecular Hbond substituents is 1. The van der Waals surface area contributed by atoms with E-state index in [-0.39, 0.29) is 17.4 Å². The van der Waals surface area contributed by atoms with E-state index in [1.807, 2.05) is 19.1 Å². The van der Waals surface area contributed by atoms with Gasteiger partial charge in [0.05, 0.1) is 26.2 Å². The summed E-state index contributed by atoms with van der Waals surface area (Å²) in [6, 6.07) is 7.15. The molecule has 1 aromatic rings. The minimum absolute atomic E-state index is 0. The maximum absolute atomic E-state index is 8.81. The smallest absolute Gasteiger partial charge is 0 e. The number of hydrogen-bond donors (Lipinski definition) is 1. The molecule has 0 spiro atoms. The van der Waals surface area contributed by atoms with E-state index in [9.17, 15) is 0 Å². The van der Waals surface area contributed by atoms with E-state index in [0.717, 1.165) is 5.56 Å². The maximum Gasteiger partial charge on any atom is 0 e. The fourth-order valence-corrected chi connectivity index (χ4v) is 1.97. The number of hydrogen-bond acceptors (Lipinski definition) is 1. The maximum atomic E-state index is 8.81. The Balaban J connectivity index is -0.0000000426. The van der Waals surface area contributed by atoms with Gasteiger partial charge in [0, 0.05) is 17.4 Å². The first kappa shape index (κ1) is 45.1. The van der Waals surface area contributed by atoms with Gasteiger partial charge in [-0.2, -0.15) is 0 Å². The van der Waals surface area contributed by atoms with Crippen molar-refractivity contribution >= 4 is 0 Å². The van der Waals surface area contributed by atoms with Gasteiger partial charge >= 0.3 is 56.5 Å². The predicted molar refractivity (Wildman–Crippen MR) is 94.9 cm³/mol. The molecule has 0 aliphatic rings. The van der Waals surface area contributed by atoms with E-state index in [0.29, 0.717) is 5.75 Å². The van der Waals surface area contributed by atoms with Gasteiger partial charge in [0.1, 0.15) is 5.75 Å². The molecule has 1 rings (SSSR count). The molecule has 0 fully saturated rings. The molecule has 8 heteroatoms. The molecular weight excluding hydrogens is 402 g/mol. The molecule has 0 saturated carbocycles. The Morgan fingerprint density at radius 1 is 0.714 bits per heavy atom. The van der Waals surface area contributed by atoms with Crippen molar-refractivity contribution in [3.05, 3.63) is 63.1 Å². The Hall–Kier alpha value is -1.79. The molecule has 0 bridgehead atoms. The van der Waals surface area contributed by atoms with Crippen LogP contribution < -0.4 is 0 Å². The molecule has 0 saturated heterocycles. The molecule has 0 amide bonds. The van der Waals surface area contributed by atoms with Crippen molar-refractivity contribution in [2.24, 2.45) is 0 Å². The van der Waals surface area contributed by atoms with Crippen molar-refractivity contribution in [2.45, 2.75) is 34.6 Å². The Morgan fingerprint density at radius 3 is 1.11 bits per heavy atom. The van der Waals surface area contributed by atoms with Gasteiger partial charge in [-0.05, 0) is 52.3 Å². The molecule has 1 N–H and O–H groups in total. The Kier molecular flexibility index (Phi) is 71.8. The zero-order valence-corrected chi connectivity index (χ0v) is 18.3. The minimum Gasteiger partial charge on any atom is 0 e. The summed E-state index contributed by atoms with van der Waals surface area (Å²) in [5.41, 5.74) is 1.09. The molecular formula is C20H28CrNO6+. The van der Waals surface area contributed by atoms with Crippen molar-refractivity contribution in [1.82, 2.24) is 0 Å². The fourth-order valence-electron chi connectivity index (χ4n) is 1.97. The van der Waals surface area contributed by atoms with Crippen LogP contribution in [-0.2, 0) is 40.6 Å². The average molecular weight is 430 g/mol. The van der Waals surface area contributed by atoms with E-state index in [4.69, 9.17) is 28.4 Å². The summed E-state index contributed by atoms with van der Waals surface area (Å²) in [4.78, 5) is 0. The van der Waals surface area contributed by atoms with Crippen LogP contribution in [0.2, 0.25) is 0 Å². The first-order chi connectivity index (χ1) is 13.0. The number of rotatable bonds is 4. The summed E-state index contributed by atoms with van der Waals surface area (Å²) in [7, 11) is 0. The van der Waals surface area contributed by atoms with Crippen LogP contribution >= 0.6 is 0 Å². The zero-order valence-electron chi connectivity index (χ0n) is 17.0. The van der Waals surface area contributed by atoms with Crippen LogP contribution in [0.25, 0.3) is 0 Å². The van der Waals surface area contributed by atoms with Crippen molar-refractivity contribution < 1.29 is 50.2 Å². The Bertz CT molecular complexity index is 436. The van der Waals surface area contributed by atoms with Gasteiger partial charge in [0.25, 0.3) is 0 Å². The molecule has 0 atom stereocenters.